The van der Waals surface area contributed by atoms with E-state index in [1.807, 2.05) is 45.8 Å². The van der Waals surface area contributed by atoms with Gasteiger partial charge in [-0.2, -0.15) is 0 Å². The first-order valence-electron chi connectivity index (χ1n) is 13.2. The lowest BCUT2D eigenvalue weighted by molar-refractivity contribution is -0.0853. The van der Waals surface area contributed by atoms with Crippen LogP contribution >= 0.6 is 0 Å². The smallest absolute Gasteiger partial charge is 0.361 e. The van der Waals surface area contributed by atoms with Gasteiger partial charge in [-0.05, 0) is 54.4 Å². The first kappa shape index (κ1) is 35.0. The first-order valence-corrected chi connectivity index (χ1v) is 16.5. The Morgan fingerprint density at radius 3 is 1.34 bits per heavy atom. The Morgan fingerprint density at radius 2 is 1.06 bits per heavy atom. The van der Waals surface area contributed by atoms with Crippen LogP contribution in [0.5, 0.6) is 0 Å². The molecule has 0 aliphatic heterocycles. The molecule has 0 aromatic carbocycles. The summed E-state index contributed by atoms with van der Waals surface area (Å²) in [5.41, 5.74) is 16.9. The molecule has 2 unspecified atom stereocenters. The van der Waals surface area contributed by atoms with E-state index in [0.717, 1.165) is 12.8 Å². The molecule has 13 heteroatoms. The van der Waals surface area contributed by atoms with Crippen molar-refractivity contribution in [2.75, 3.05) is 52.6 Å². The van der Waals surface area contributed by atoms with E-state index in [2.05, 4.69) is 19.2 Å². The fraction of sp³-hybridized carbons (Fsp3) is 1.00. The lowest BCUT2D eigenvalue weighted by atomic mass is 10.1. The second-order valence-corrected chi connectivity index (χ2v) is 14.0. The molecule has 0 aliphatic carbocycles. The SMILES string of the molecule is CCCC(C)(N)O[Si](OCC)(OCC)N(CCNCCN)[Si](OCC)(OCC)OC(C)(N)CCC. The number of rotatable bonds is 23. The highest BCUT2D eigenvalue weighted by Crippen LogP contribution is 2.32. The van der Waals surface area contributed by atoms with Gasteiger partial charge < -0.3 is 49.1 Å². The van der Waals surface area contributed by atoms with Crippen LogP contribution < -0.4 is 22.5 Å². The Hall–Kier alpha value is -0.00623. The highest BCUT2D eigenvalue weighted by Gasteiger charge is 2.66. The zero-order valence-corrected chi connectivity index (χ0v) is 25.6. The summed E-state index contributed by atoms with van der Waals surface area (Å²) in [5, 5.41) is 3.34. The standard InChI is InChI=1S/C22H55N5O6Si2/c1-9-15-21(7,24)32-34(28-11-3,29-12-4)27(20-19-26-18-17-23)35(30-13-5,31-14-6)33-22(8,25)16-10-2/h26H,9-20,23-25H2,1-8H3. The van der Waals surface area contributed by atoms with Gasteiger partial charge in [0.15, 0.2) is 0 Å². The van der Waals surface area contributed by atoms with Gasteiger partial charge in [0.1, 0.15) is 11.4 Å². The van der Waals surface area contributed by atoms with E-state index >= 15 is 0 Å². The summed E-state index contributed by atoms with van der Waals surface area (Å²) in [5.74, 6) is 0. The first-order chi connectivity index (χ1) is 16.5. The van der Waals surface area contributed by atoms with Crippen LogP contribution in [0.4, 0.5) is 0 Å². The molecule has 35 heavy (non-hydrogen) atoms. The Bertz CT molecular complexity index is 496. The summed E-state index contributed by atoms with van der Waals surface area (Å²) >= 11 is 0. The molecule has 0 bridgehead atoms. The third kappa shape index (κ3) is 11.9. The molecule has 0 heterocycles. The molecule has 212 valence electrons. The highest BCUT2D eigenvalue weighted by molar-refractivity contribution is 6.75. The molecule has 0 fully saturated rings. The van der Waals surface area contributed by atoms with Gasteiger partial charge in [-0.1, -0.05) is 26.7 Å². The maximum Gasteiger partial charge on any atom is 0.599 e. The van der Waals surface area contributed by atoms with Crippen molar-refractivity contribution in [1.82, 2.24) is 9.55 Å². The minimum Gasteiger partial charge on any atom is -0.361 e. The molecule has 0 aromatic heterocycles. The van der Waals surface area contributed by atoms with E-state index in [9.17, 15) is 0 Å². The Kier molecular flexibility index (Phi) is 17.5. The summed E-state index contributed by atoms with van der Waals surface area (Å²) in [4.78, 5) is 0. The van der Waals surface area contributed by atoms with E-state index in [0.29, 0.717) is 65.4 Å². The molecule has 0 saturated carbocycles. The number of hydrogen-bond acceptors (Lipinski definition) is 11. The van der Waals surface area contributed by atoms with Crippen molar-refractivity contribution in [3.05, 3.63) is 0 Å². The number of nitrogens with zero attached hydrogens (tertiary/aromatic N) is 1. The van der Waals surface area contributed by atoms with Crippen LogP contribution in [-0.4, -0.2) is 86.2 Å². The van der Waals surface area contributed by atoms with Gasteiger partial charge in [-0.15, -0.1) is 0 Å². The molecule has 0 spiro atoms. The van der Waals surface area contributed by atoms with Crippen molar-refractivity contribution in [3.8, 4) is 0 Å². The molecule has 0 saturated heterocycles. The predicted octanol–water partition coefficient (Wildman–Crippen LogP) is 1.84. The summed E-state index contributed by atoms with van der Waals surface area (Å²) in [6.07, 6.45) is 2.90. The van der Waals surface area contributed by atoms with E-state index in [1.54, 1.807) is 0 Å². The average molecular weight is 542 g/mol. The third-order valence-corrected chi connectivity index (χ3v) is 12.5. The normalized spacial score (nSPS) is 16.5. The van der Waals surface area contributed by atoms with Crippen LogP contribution in [0.1, 0.15) is 81.1 Å². The fourth-order valence-electron chi connectivity index (χ4n) is 3.90. The molecule has 2 atom stereocenters. The maximum absolute atomic E-state index is 6.64. The highest BCUT2D eigenvalue weighted by atomic mass is 28.5. The molecule has 0 radical (unpaired) electrons. The van der Waals surface area contributed by atoms with Crippen LogP contribution in [-0.2, 0) is 26.6 Å². The van der Waals surface area contributed by atoms with Gasteiger partial charge in [0, 0.05) is 52.6 Å². The van der Waals surface area contributed by atoms with Crippen LogP contribution in [0, 0.1) is 0 Å². The van der Waals surface area contributed by atoms with E-state index in [-0.39, 0.29) is 0 Å². The van der Waals surface area contributed by atoms with Crippen LogP contribution in [0.3, 0.4) is 0 Å². The Labute approximate surface area is 216 Å². The van der Waals surface area contributed by atoms with Crippen molar-refractivity contribution < 1.29 is 26.6 Å². The number of nitrogens with two attached hydrogens (primary N) is 3. The fourth-order valence-corrected chi connectivity index (χ4v) is 11.1. The molecule has 0 aromatic rings. The van der Waals surface area contributed by atoms with Crippen molar-refractivity contribution in [3.63, 3.8) is 0 Å². The monoisotopic (exact) mass is 541 g/mol. The molecule has 0 rings (SSSR count). The Morgan fingerprint density at radius 1 is 0.686 bits per heavy atom. The van der Waals surface area contributed by atoms with Crippen LogP contribution in [0.25, 0.3) is 0 Å². The molecule has 7 N–H and O–H groups in total. The van der Waals surface area contributed by atoms with Gasteiger partial charge in [0.05, 0.1) is 0 Å². The quantitative estimate of drug-likeness (QED) is 0.0852. The zero-order valence-electron chi connectivity index (χ0n) is 23.6. The van der Waals surface area contributed by atoms with Gasteiger partial charge in [-0.25, -0.2) is 4.23 Å². The molecule has 11 nitrogen and oxygen atoms in total. The minimum absolute atomic E-state index is 0.346. The van der Waals surface area contributed by atoms with Crippen molar-refractivity contribution in [1.29, 1.82) is 0 Å². The third-order valence-electron chi connectivity index (χ3n) is 5.02. The van der Waals surface area contributed by atoms with Gasteiger partial charge in [0.2, 0.25) is 0 Å². The lowest BCUT2D eigenvalue weighted by Gasteiger charge is -2.49. The lowest BCUT2D eigenvalue weighted by Crippen LogP contribution is -2.78. The number of hydrogen-bond donors (Lipinski definition) is 4. The van der Waals surface area contributed by atoms with E-state index in [4.69, 9.17) is 43.8 Å². The minimum atomic E-state index is -3.72. The van der Waals surface area contributed by atoms with Crippen LogP contribution in [0.2, 0.25) is 0 Å². The van der Waals surface area contributed by atoms with Gasteiger partial charge >= 0.3 is 17.9 Å². The molecule has 0 amide bonds. The van der Waals surface area contributed by atoms with Gasteiger partial charge in [-0.3, -0.25) is 0 Å². The zero-order chi connectivity index (χ0) is 27.0. The van der Waals surface area contributed by atoms with Crippen LogP contribution in [0.15, 0.2) is 0 Å². The summed E-state index contributed by atoms with van der Waals surface area (Å²) in [7, 11) is -7.44. The average Bonchev–Trinajstić information content (AvgIpc) is 2.73. The molecule has 0 aliphatic rings. The second-order valence-electron chi connectivity index (χ2n) is 8.80. The topological polar surface area (TPSA) is 149 Å². The van der Waals surface area contributed by atoms with E-state index < -0.39 is 29.4 Å². The summed E-state index contributed by atoms with van der Waals surface area (Å²) in [6, 6.07) is 0. The maximum atomic E-state index is 6.64. The van der Waals surface area contributed by atoms with Gasteiger partial charge in [0.25, 0.3) is 0 Å². The Balaban J connectivity index is 6.90. The predicted molar refractivity (Wildman–Crippen MR) is 144 cm³/mol. The molecular weight excluding hydrogens is 486 g/mol. The molecular formula is C22H55N5O6Si2. The summed E-state index contributed by atoms with van der Waals surface area (Å²) < 4.78 is 40.7. The van der Waals surface area contributed by atoms with E-state index in [1.165, 1.54) is 0 Å². The largest absolute Gasteiger partial charge is 0.599 e. The number of nitrogens with one attached hydrogen (secondary N) is 1. The van der Waals surface area contributed by atoms with Crippen molar-refractivity contribution in [2.45, 2.75) is 92.5 Å². The summed E-state index contributed by atoms with van der Waals surface area (Å²) in [6.45, 7) is 18.9. The second kappa shape index (κ2) is 17.5. The van der Waals surface area contributed by atoms with Crippen molar-refractivity contribution >= 4 is 17.9 Å². The van der Waals surface area contributed by atoms with Crippen molar-refractivity contribution in [2.24, 2.45) is 17.2 Å².